The number of carbonyl (C=O) groups is 2. The predicted octanol–water partition coefficient (Wildman–Crippen LogP) is 5.52. The molecule has 0 unspecified atom stereocenters. The van der Waals surface area contributed by atoms with Gasteiger partial charge in [-0.25, -0.2) is 9.78 Å². The van der Waals surface area contributed by atoms with Crippen molar-refractivity contribution in [3.8, 4) is 10.4 Å². The molecule has 4 rings (SSSR count). The molecule has 0 aliphatic rings. The normalized spacial score (nSPS) is 11.0. The minimum absolute atomic E-state index is 0.0596. The maximum absolute atomic E-state index is 12.9. The number of nitrogen functional groups attached to an aromatic ring is 1. The number of carbonyl (C=O) groups excluding carboxylic acids is 1. The van der Waals surface area contributed by atoms with Crippen LogP contribution in [0.4, 0.5) is 11.4 Å². The molecule has 0 spiro atoms. The molecule has 1 aromatic carbocycles. The number of amides is 1. The number of anilines is 2. The molecule has 0 saturated heterocycles. The summed E-state index contributed by atoms with van der Waals surface area (Å²) in [5, 5.41) is 15.0. The molecular formula is C20H14ClN3O3S2. The van der Waals surface area contributed by atoms with Gasteiger partial charge in [0.15, 0.2) is 0 Å². The van der Waals surface area contributed by atoms with E-state index in [9.17, 15) is 14.7 Å². The molecule has 3 aromatic heterocycles. The van der Waals surface area contributed by atoms with Crippen molar-refractivity contribution >= 4 is 67.7 Å². The zero-order valence-electron chi connectivity index (χ0n) is 15.0. The number of aromatic carboxylic acids is 1. The summed E-state index contributed by atoms with van der Waals surface area (Å²) in [4.78, 5) is 30.9. The van der Waals surface area contributed by atoms with E-state index in [4.69, 9.17) is 17.3 Å². The van der Waals surface area contributed by atoms with Crippen molar-refractivity contribution in [1.82, 2.24) is 4.98 Å². The van der Waals surface area contributed by atoms with Crippen LogP contribution < -0.4 is 11.1 Å². The number of halogens is 1. The fourth-order valence-corrected chi connectivity index (χ4v) is 5.01. The van der Waals surface area contributed by atoms with Crippen molar-refractivity contribution < 1.29 is 14.7 Å². The Morgan fingerprint density at radius 1 is 1.24 bits per heavy atom. The van der Waals surface area contributed by atoms with E-state index in [0.717, 1.165) is 21.5 Å². The molecule has 1 amide bonds. The number of fused-ring (bicyclic) bond motifs is 1. The highest BCUT2D eigenvalue weighted by Gasteiger charge is 2.22. The number of rotatable bonds is 4. The standard InChI is InChI=1S/C20H14ClN3O3S2/c1-9-7-12(14-3-2-6-28-14)15-16(22)17(29-19(15)23-9)18(25)24-13-8-10(21)4-5-11(13)20(26)27/h2-8H,22H2,1H3,(H,24,25)(H,26,27). The smallest absolute Gasteiger partial charge is 0.337 e. The number of carboxylic acids is 1. The third-order valence-corrected chi connectivity index (χ3v) is 6.52. The fourth-order valence-electron chi connectivity index (χ4n) is 3.02. The van der Waals surface area contributed by atoms with Gasteiger partial charge < -0.3 is 16.2 Å². The molecule has 0 bridgehead atoms. The Balaban J connectivity index is 1.81. The van der Waals surface area contributed by atoms with Crippen LogP contribution >= 0.6 is 34.3 Å². The Kier molecular flexibility index (Phi) is 4.99. The second-order valence-corrected chi connectivity index (χ2v) is 8.65. The third-order valence-electron chi connectivity index (χ3n) is 4.28. The van der Waals surface area contributed by atoms with Crippen LogP contribution in [0, 0.1) is 6.92 Å². The van der Waals surface area contributed by atoms with Crippen LogP contribution in [0.25, 0.3) is 20.7 Å². The van der Waals surface area contributed by atoms with Crippen LogP contribution in [0.5, 0.6) is 0 Å². The van der Waals surface area contributed by atoms with E-state index in [1.807, 2.05) is 30.5 Å². The van der Waals surface area contributed by atoms with Gasteiger partial charge in [0.25, 0.3) is 5.91 Å². The largest absolute Gasteiger partial charge is 0.478 e. The van der Waals surface area contributed by atoms with E-state index >= 15 is 0 Å². The lowest BCUT2D eigenvalue weighted by molar-refractivity contribution is 0.0698. The van der Waals surface area contributed by atoms with Crippen LogP contribution in [0.2, 0.25) is 5.02 Å². The van der Waals surface area contributed by atoms with Gasteiger partial charge in [-0.15, -0.1) is 22.7 Å². The molecule has 0 aliphatic carbocycles. The van der Waals surface area contributed by atoms with Crippen molar-refractivity contribution in [2.24, 2.45) is 0 Å². The average Bonchev–Trinajstić information content (AvgIpc) is 3.29. The first-order valence-electron chi connectivity index (χ1n) is 8.43. The van der Waals surface area contributed by atoms with Crippen molar-refractivity contribution in [2.75, 3.05) is 11.1 Å². The second-order valence-electron chi connectivity index (χ2n) is 6.26. The highest BCUT2D eigenvalue weighted by atomic mass is 35.5. The summed E-state index contributed by atoms with van der Waals surface area (Å²) in [6.07, 6.45) is 0. The zero-order valence-corrected chi connectivity index (χ0v) is 17.4. The zero-order chi connectivity index (χ0) is 20.7. The molecule has 9 heteroatoms. The SMILES string of the molecule is Cc1cc(-c2cccs2)c2c(N)c(C(=O)Nc3cc(Cl)ccc3C(=O)O)sc2n1. The third kappa shape index (κ3) is 3.57. The van der Waals surface area contributed by atoms with Crippen LogP contribution in [-0.4, -0.2) is 22.0 Å². The summed E-state index contributed by atoms with van der Waals surface area (Å²) in [5.74, 6) is -1.68. The van der Waals surface area contributed by atoms with Gasteiger partial charge in [0.1, 0.15) is 9.71 Å². The van der Waals surface area contributed by atoms with Crippen molar-refractivity contribution in [1.29, 1.82) is 0 Å². The number of aryl methyl sites for hydroxylation is 1. The lowest BCUT2D eigenvalue weighted by atomic mass is 10.1. The maximum Gasteiger partial charge on any atom is 0.337 e. The fraction of sp³-hybridized carbons (Fsp3) is 0.0500. The Bertz CT molecular complexity index is 1270. The van der Waals surface area contributed by atoms with Gasteiger partial charge in [0.2, 0.25) is 0 Å². The topological polar surface area (TPSA) is 105 Å². The number of hydrogen-bond acceptors (Lipinski definition) is 6. The quantitative estimate of drug-likeness (QED) is 0.385. The number of nitrogens with one attached hydrogen (secondary N) is 1. The lowest BCUT2D eigenvalue weighted by Crippen LogP contribution is -2.15. The minimum Gasteiger partial charge on any atom is -0.478 e. The molecule has 29 heavy (non-hydrogen) atoms. The van der Waals surface area contributed by atoms with Gasteiger partial charge in [0.05, 0.1) is 16.9 Å². The first-order chi connectivity index (χ1) is 13.8. The summed E-state index contributed by atoms with van der Waals surface area (Å²) in [6, 6.07) is 10.1. The Morgan fingerprint density at radius 2 is 2.03 bits per heavy atom. The van der Waals surface area contributed by atoms with Crippen LogP contribution in [0.3, 0.4) is 0 Å². The molecule has 4 N–H and O–H groups in total. The van der Waals surface area contributed by atoms with E-state index < -0.39 is 11.9 Å². The molecule has 0 aliphatic heterocycles. The van der Waals surface area contributed by atoms with E-state index in [0.29, 0.717) is 15.5 Å². The van der Waals surface area contributed by atoms with Gasteiger partial charge in [-0.1, -0.05) is 17.7 Å². The second kappa shape index (κ2) is 7.47. The van der Waals surface area contributed by atoms with Crippen LogP contribution in [0.15, 0.2) is 41.8 Å². The molecule has 3 heterocycles. The molecule has 0 fully saturated rings. The summed E-state index contributed by atoms with van der Waals surface area (Å²) >= 11 is 8.71. The molecule has 0 radical (unpaired) electrons. The molecule has 6 nitrogen and oxygen atoms in total. The predicted molar refractivity (Wildman–Crippen MR) is 118 cm³/mol. The highest BCUT2D eigenvalue weighted by molar-refractivity contribution is 7.21. The first-order valence-corrected chi connectivity index (χ1v) is 10.5. The van der Waals surface area contributed by atoms with Crippen LogP contribution in [-0.2, 0) is 0 Å². The van der Waals surface area contributed by atoms with E-state index in [2.05, 4.69) is 10.3 Å². The van der Waals surface area contributed by atoms with Crippen molar-refractivity contribution in [3.05, 3.63) is 62.9 Å². The summed E-state index contributed by atoms with van der Waals surface area (Å²) in [5.41, 5.74) is 8.45. The number of thiophene rings is 2. The monoisotopic (exact) mass is 443 g/mol. The summed E-state index contributed by atoms with van der Waals surface area (Å²) < 4.78 is 0. The molecule has 0 saturated carbocycles. The Morgan fingerprint density at radius 3 is 2.72 bits per heavy atom. The minimum atomic E-state index is -1.17. The van der Waals surface area contributed by atoms with Gasteiger partial charge in [-0.3, -0.25) is 4.79 Å². The van der Waals surface area contributed by atoms with Gasteiger partial charge in [0, 0.05) is 26.5 Å². The van der Waals surface area contributed by atoms with Crippen LogP contribution in [0.1, 0.15) is 25.7 Å². The summed E-state index contributed by atoms with van der Waals surface area (Å²) in [6.45, 7) is 1.89. The number of hydrogen-bond donors (Lipinski definition) is 3. The van der Waals surface area contributed by atoms with E-state index in [1.165, 1.54) is 29.5 Å². The van der Waals surface area contributed by atoms with Crippen molar-refractivity contribution in [3.63, 3.8) is 0 Å². The average molecular weight is 444 g/mol. The number of benzene rings is 1. The summed E-state index contributed by atoms with van der Waals surface area (Å²) in [7, 11) is 0. The number of pyridine rings is 1. The molecular weight excluding hydrogens is 430 g/mol. The first kappa shape index (κ1) is 19.4. The Labute approximate surface area is 178 Å². The van der Waals surface area contributed by atoms with E-state index in [-0.39, 0.29) is 16.1 Å². The van der Waals surface area contributed by atoms with Crippen molar-refractivity contribution in [2.45, 2.75) is 6.92 Å². The van der Waals surface area contributed by atoms with Gasteiger partial charge >= 0.3 is 5.97 Å². The molecule has 4 aromatic rings. The number of carboxylic acid groups (broad SMARTS) is 1. The highest BCUT2D eigenvalue weighted by Crippen LogP contribution is 2.41. The van der Waals surface area contributed by atoms with Gasteiger partial charge in [-0.05, 0) is 42.6 Å². The Hall–Kier alpha value is -2.94. The molecule has 0 atom stereocenters. The number of nitrogens with zero attached hydrogens (tertiary/aromatic N) is 1. The number of nitrogens with two attached hydrogens (primary N) is 1. The lowest BCUT2D eigenvalue weighted by Gasteiger charge is -2.08. The number of aromatic nitrogens is 1. The molecule has 146 valence electrons. The maximum atomic E-state index is 12.9. The van der Waals surface area contributed by atoms with Gasteiger partial charge in [-0.2, -0.15) is 0 Å². The van der Waals surface area contributed by atoms with E-state index in [1.54, 1.807) is 11.3 Å².